The third kappa shape index (κ3) is 3.15. The van der Waals surface area contributed by atoms with Crippen molar-refractivity contribution in [1.29, 1.82) is 0 Å². The van der Waals surface area contributed by atoms with Crippen molar-refractivity contribution >= 4 is 11.6 Å². The number of nitro groups is 1. The molecule has 0 saturated carbocycles. The molecule has 0 unspecified atom stereocenters. The molecule has 0 bridgehead atoms. The van der Waals surface area contributed by atoms with Crippen LogP contribution in [0.25, 0.3) is 0 Å². The van der Waals surface area contributed by atoms with Gasteiger partial charge in [0.25, 0.3) is 0 Å². The average molecular weight is 291 g/mol. The molecule has 0 atom stereocenters. The lowest BCUT2D eigenvalue weighted by molar-refractivity contribution is -0.386. The highest BCUT2D eigenvalue weighted by atomic mass is 16.6. The Morgan fingerprint density at radius 1 is 1.24 bits per heavy atom. The van der Waals surface area contributed by atoms with E-state index in [1.54, 1.807) is 24.3 Å². The van der Waals surface area contributed by atoms with Gasteiger partial charge in [-0.1, -0.05) is 0 Å². The highest BCUT2D eigenvalue weighted by molar-refractivity contribution is 5.50. The molecule has 0 saturated heterocycles. The van der Waals surface area contributed by atoms with E-state index in [2.05, 4.69) is 15.4 Å². The van der Waals surface area contributed by atoms with E-state index in [0.29, 0.717) is 11.5 Å². The van der Waals surface area contributed by atoms with E-state index in [9.17, 15) is 10.1 Å². The zero-order valence-electron chi connectivity index (χ0n) is 11.4. The first-order valence-corrected chi connectivity index (χ1v) is 5.86. The van der Waals surface area contributed by atoms with Gasteiger partial charge >= 0.3 is 11.6 Å². The summed E-state index contributed by atoms with van der Waals surface area (Å²) in [6.45, 7) is 1.47. The van der Waals surface area contributed by atoms with Crippen LogP contribution < -0.4 is 20.7 Å². The van der Waals surface area contributed by atoms with E-state index in [0.717, 1.165) is 0 Å². The Kier molecular flexibility index (Phi) is 4.14. The van der Waals surface area contributed by atoms with Crippen molar-refractivity contribution in [1.82, 2.24) is 9.97 Å². The molecule has 2 rings (SSSR count). The topological polar surface area (TPSA) is 125 Å². The van der Waals surface area contributed by atoms with Gasteiger partial charge < -0.3 is 9.47 Å². The van der Waals surface area contributed by atoms with Crippen molar-refractivity contribution in [3.8, 4) is 17.4 Å². The third-order valence-electron chi connectivity index (χ3n) is 2.61. The average Bonchev–Trinajstić information content (AvgIpc) is 2.47. The van der Waals surface area contributed by atoms with Crippen LogP contribution in [0.4, 0.5) is 11.6 Å². The Balaban J connectivity index is 2.41. The second kappa shape index (κ2) is 6.01. The van der Waals surface area contributed by atoms with Crippen molar-refractivity contribution in [2.45, 2.75) is 6.92 Å². The molecule has 21 heavy (non-hydrogen) atoms. The second-order valence-corrected chi connectivity index (χ2v) is 3.97. The molecule has 1 heterocycles. The number of hydrazine groups is 1. The number of benzene rings is 1. The number of aryl methyl sites for hydroxylation is 1. The van der Waals surface area contributed by atoms with Crippen LogP contribution in [0.1, 0.15) is 5.69 Å². The molecular weight excluding hydrogens is 278 g/mol. The number of nitrogens with two attached hydrogens (primary N) is 1. The minimum Gasteiger partial charge on any atom is -0.497 e. The molecule has 0 aliphatic carbocycles. The summed E-state index contributed by atoms with van der Waals surface area (Å²) in [5.74, 6) is 6.08. The molecule has 1 aromatic heterocycles. The first kappa shape index (κ1) is 14.5. The van der Waals surface area contributed by atoms with Gasteiger partial charge in [-0.05, 0) is 31.2 Å². The predicted molar refractivity (Wildman–Crippen MR) is 74.3 cm³/mol. The number of ether oxygens (including phenoxy) is 2. The Labute approximate surface area is 119 Å². The fourth-order valence-corrected chi connectivity index (χ4v) is 1.64. The Morgan fingerprint density at radius 2 is 1.86 bits per heavy atom. The minimum atomic E-state index is -0.603. The maximum Gasteiger partial charge on any atom is 0.352 e. The fourth-order valence-electron chi connectivity index (χ4n) is 1.64. The Bertz CT molecular complexity index is 659. The number of nitrogens with one attached hydrogen (secondary N) is 1. The van der Waals surface area contributed by atoms with E-state index in [1.807, 2.05) is 0 Å². The number of nitrogens with zero attached hydrogens (tertiary/aromatic N) is 3. The maximum atomic E-state index is 11.1. The highest BCUT2D eigenvalue weighted by Gasteiger charge is 2.24. The molecule has 9 heteroatoms. The largest absolute Gasteiger partial charge is 0.497 e. The molecule has 0 aliphatic heterocycles. The third-order valence-corrected chi connectivity index (χ3v) is 2.61. The van der Waals surface area contributed by atoms with Crippen molar-refractivity contribution in [3.63, 3.8) is 0 Å². The molecule has 0 amide bonds. The first-order valence-electron chi connectivity index (χ1n) is 5.86. The Morgan fingerprint density at radius 3 is 2.38 bits per heavy atom. The summed E-state index contributed by atoms with van der Waals surface area (Å²) in [7, 11) is 1.54. The summed E-state index contributed by atoms with van der Waals surface area (Å²) < 4.78 is 10.5. The second-order valence-electron chi connectivity index (χ2n) is 3.97. The van der Waals surface area contributed by atoms with Crippen LogP contribution in [-0.4, -0.2) is 22.0 Å². The van der Waals surface area contributed by atoms with E-state index in [1.165, 1.54) is 14.0 Å². The summed E-state index contributed by atoms with van der Waals surface area (Å²) >= 11 is 0. The minimum absolute atomic E-state index is 0.0293. The van der Waals surface area contributed by atoms with Crippen LogP contribution >= 0.6 is 0 Å². The number of nitrogen functional groups attached to an aromatic ring is 1. The van der Waals surface area contributed by atoms with Crippen LogP contribution in [0.5, 0.6) is 17.4 Å². The van der Waals surface area contributed by atoms with Gasteiger partial charge in [0.05, 0.1) is 12.0 Å². The molecule has 0 spiro atoms. The summed E-state index contributed by atoms with van der Waals surface area (Å²) in [6.07, 6.45) is 0. The summed E-state index contributed by atoms with van der Waals surface area (Å²) in [4.78, 5) is 18.2. The summed E-state index contributed by atoms with van der Waals surface area (Å²) in [5, 5.41) is 11.1. The molecule has 0 fully saturated rings. The van der Waals surface area contributed by atoms with Crippen molar-refractivity contribution in [2.75, 3.05) is 12.5 Å². The number of hydrogen-bond donors (Lipinski definition) is 2. The number of rotatable bonds is 5. The number of methoxy groups -OCH3 is 1. The lowest BCUT2D eigenvalue weighted by Crippen LogP contribution is -2.12. The maximum absolute atomic E-state index is 11.1. The van der Waals surface area contributed by atoms with Crippen LogP contribution in [0.2, 0.25) is 0 Å². The van der Waals surface area contributed by atoms with E-state index in [-0.39, 0.29) is 23.2 Å². The summed E-state index contributed by atoms with van der Waals surface area (Å²) in [5.41, 5.74) is 2.06. The lowest BCUT2D eigenvalue weighted by atomic mass is 10.3. The fraction of sp³-hybridized carbons (Fsp3) is 0.167. The standard InChI is InChI=1S/C12H13N5O4/c1-7-10(17(18)19)11(15-12(14-7)16-13)21-9-5-3-8(20-2)4-6-9/h3-6H,13H2,1-2H3,(H,14,15,16). The molecule has 9 nitrogen and oxygen atoms in total. The lowest BCUT2D eigenvalue weighted by Gasteiger charge is -2.08. The van der Waals surface area contributed by atoms with Gasteiger partial charge in [-0.25, -0.2) is 10.8 Å². The molecule has 2 aromatic rings. The predicted octanol–water partition coefficient (Wildman–Crippen LogP) is 1.78. The van der Waals surface area contributed by atoms with Crippen LogP contribution in [-0.2, 0) is 0 Å². The molecule has 0 radical (unpaired) electrons. The molecule has 0 aliphatic rings. The van der Waals surface area contributed by atoms with Gasteiger partial charge in [-0.3, -0.25) is 15.5 Å². The van der Waals surface area contributed by atoms with Gasteiger partial charge in [0.1, 0.15) is 17.2 Å². The van der Waals surface area contributed by atoms with Gasteiger partial charge in [0, 0.05) is 0 Å². The van der Waals surface area contributed by atoms with Gasteiger partial charge in [0.15, 0.2) is 0 Å². The SMILES string of the molecule is COc1ccc(Oc2nc(NN)nc(C)c2[N+](=O)[O-])cc1. The van der Waals surface area contributed by atoms with Gasteiger partial charge in [-0.2, -0.15) is 4.98 Å². The van der Waals surface area contributed by atoms with Crippen LogP contribution in [0.15, 0.2) is 24.3 Å². The summed E-state index contributed by atoms with van der Waals surface area (Å²) in [6, 6.07) is 6.54. The van der Waals surface area contributed by atoms with E-state index in [4.69, 9.17) is 15.3 Å². The van der Waals surface area contributed by atoms with Crippen molar-refractivity contribution in [3.05, 3.63) is 40.1 Å². The number of aromatic nitrogens is 2. The highest BCUT2D eigenvalue weighted by Crippen LogP contribution is 2.32. The van der Waals surface area contributed by atoms with Crippen molar-refractivity contribution in [2.24, 2.45) is 5.84 Å². The smallest absolute Gasteiger partial charge is 0.352 e. The zero-order valence-corrected chi connectivity index (χ0v) is 11.4. The first-order chi connectivity index (χ1) is 10.0. The van der Waals surface area contributed by atoms with Gasteiger partial charge in [0.2, 0.25) is 5.95 Å². The molecular formula is C12H13N5O4. The Hall–Kier alpha value is -2.94. The molecule has 1 aromatic carbocycles. The van der Waals surface area contributed by atoms with Gasteiger partial charge in [-0.15, -0.1) is 0 Å². The zero-order chi connectivity index (χ0) is 15.4. The molecule has 3 N–H and O–H groups in total. The van der Waals surface area contributed by atoms with Crippen LogP contribution in [0.3, 0.4) is 0 Å². The normalized spacial score (nSPS) is 10.0. The monoisotopic (exact) mass is 291 g/mol. The number of anilines is 1. The quantitative estimate of drug-likeness (QED) is 0.485. The van der Waals surface area contributed by atoms with Crippen molar-refractivity contribution < 1.29 is 14.4 Å². The molecule has 110 valence electrons. The van der Waals surface area contributed by atoms with E-state index >= 15 is 0 Å². The van der Waals surface area contributed by atoms with E-state index < -0.39 is 4.92 Å². The number of hydrogen-bond acceptors (Lipinski definition) is 8. The van der Waals surface area contributed by atoms with Crippen LogP contribution in [0, 0.1) is 17.0 Å².